The summed E-state index contributed by atoms with van der Waals surface area (Å²) in [5.74, 6) is 1.66. The highest BCUT2D eigenvalue weighted by molar-refractivity contribution is 7.99. The summed E-state index contributed by atoms with van der Waals surface area (Å²) in [5.41, 5.74) is 2.37. The molecule has 0 aliphatic rings. The molecule has 0 bridgehead atoms. The Balaban J connectivity index is 1.90. The van der Waals surface area contributed by atoms with Crippen molar-refractivity contribution in [2.45, 2.75) is 13.3 Å². The smallest absolute Gasteiger partial charge is 0.254 e. The number of rotatable bonds is 8. The van der Waals surface area contributed by atoms with Crippen molar-refractivity contribution in [3.63, 3.8) is 0 Å². The summed E-state index contributed by atoms with van der Waals surface area (Å²) in [6, 6.07) is 9.75. The Bertz CT molecular complexity index is 599. The molecule has 0 saturated carbocycles. The van der Waals surface area contributed by atoms with Gasteiger partial charge in [0.1, 0.15) is 0 Å². The number of carbonyl (C=O) groups is 1. The minimum Gasteiger partial charge on any atom is -0.396 e. The molecule has 0 unspecified atom stereocenters. The summed E-state index contributed by atoms with van der Waals surface area (Å²) >= 11 is 1.73. The number of nitrogens with one attached hydrogen (secondary N) is 1. The normalized spacial score (nSPS) is 10.6. The maximum absolute atomic E-state index is 12.2. The third kappa shape index (κ3) is 4.35. The summed E-state index contributed by atoms with van der Waals surface area (Å²) in [6.45, 7) is 2.73. The Morgan fingerprint density at radius 2 is 2.09 bits per heavy atom. The Morgan fingerprint density at radius 3 is 2.82 bits per heavy atom. The number of aliphatic hydroxyl groups is 1. The first-order valence-electron chi connectivity index (χ1n) is 7.31. The van der Waals surface area contributed by atoms with Crippen LogP contribution in [0.3, 0.4) is 0 Å². The molecule has 1 aromatic carbocycles. The fourth-order valence-electron chi connectivity index (χ4n) is 2.06. The van der Waals surface area contributed by atoms with Gasteiger partial charge >= 0.3 is 0 Å². The Hall–Kier alpha value is -1.79. The molecular weight excluding hydrogens is 298 g/mol. The molecule has 5 nitrogen and oxygen atoms in total. The van der Waals surface area contributed by atoms with Crippen LogP contribution >= 0.6 is 11.8 Å². The van der Waals surface area contributed by atoms with E-state index in [-0.39, 0.29) is 12.5 Å². The van der Waals surface area contributed by atoms with E-state index in [2.05, 4.69) is 10.4 Å². The molecule has 2 aromatic rings. The molecule has 0 aliphatic heterocycles. The van der Waals surface area contributed by atoms with Gasteiger partial charge < -0.3 is 10.4 Å². The molecule has 0 aliphatic carbocycles. The molecule has 1 amide bonds. The Labute approximate surface area is 134 Å². The van der Waals surface area contributed by atoms with Crippen LogP contribution in [0.25, 0.3) is 5.69 Å². The number of amides is 1. The molecule has 1 heterocycles. The largest absolute Gasteiger partial charge is 0.396 e. The van der Waals surface area contributed by atoms with Crippen LogP contribution in [0.1, 0.15) is 22.5 Å². The molecule has 118 valence electrons. The van der Waals surface area contributed by atoms with Gasteiger partial charge in [0, 0.05) is 18.9 Å². The van der Waals surface area contributed by atoms with Gasteiger partial charge in [0.15, 0.2) is 0 Å². The van der Waals surface area contributed by atoms with Crippen molar-refractivity contribution in [3.8, 4) is 5.69 Å². The van der Waals surface area contributed by atoms with Crippen molar-refractivity contribution in [2.75, 3.05) is 24.7 Å². The van der Waals surface area contributed by atoms with E-state index in [4.69, 9.17) is 5.11 Å². The van der Waals surface area contributed by atoms with Crippen LogP contribution in [-0.2, 0) is 0 Å². The minimum absolute atomic E-state index is 0.0950. The van der Waals surface area contributed by atoms with E-state index in [1.165, 1.54) is 0 Å². The van der Waals surface area contributed by atoms with Crippen LogP contribution in [-0.4, -0.2) is 45.5 Å². The zero-order valence-electron chi connectivity index (χ0n) is 12.7. The fraction of sp³-hybridized carbons (Fsp3) is 0.375. The molecule has 6 heteroatoms. The molecule has 2 rings (SSSR count). The van der Waals surface area contributed by atoms with Crippen molar-refractivity contribution in [2.24, 2.45) is 0 Å². The number of para-hydroxylation sites is 1. The molecule has 0 fully saturated rings. The predicted molar refractivity (Wildman–Crippen MR) is 89.7 cm³/mol. The zero-order chi connectivity index (χ0) is 15.8. The van der Waals surface area contributed by atoms with E-state index in [0.717, 1.165) is 29.3 Å². The first kappa shape index (κ1) is 16.6. The molecule has 0 spiro atoms. The van der Waals surface area contributed by atoms with Crippen molar-refractivity contribution in [1.29, 1.82) is 0 Å². The van der Waals surface area contributed by atoms with E-state index in [1.54, 1.807) is 22.6 Å². The van der Waals surface area contributed by atoms with Crippen molar-refractivity contribution in [3.05, 3.63) is 47.8 Å². The van der Waals surface area contributed by atoms with Gasteiger partial charge in [0.25, 0.3) is 5.91 Å². The van der Waals surface area contributed by atoms with Crippen LogP contribution in [0.2, 0.25) is 0 Å². The van der Waals surface area contributed by atoms with Gasteiger partial charge in [-0.05, 0) is 31.2 Å². The van der Waals surface area contributed by atoms with Gasteiger partial charge in [-0.1, -0.05) is 18.2 Å². The van der Waals surface area contributed by atoms with Gasteiger partial charge in [-0.15, -0.1) is 0 Å². The molecule has 22 heavy (non-hydrogen) atoms. The number of carbonyl (C=O) groups excluding carboxylic acids is 1. The van der Waals surface area contributed by atoms with Crippen LogP contribution in [0.15, 0.2) is 36.5 Å². The van der Waals surface area contributed by atoms with Crippen LogP contribution < -0.4 is 5.32 Å². The number of aromatic nitrogens is 2. The lowest BCUT2D eigenvalue weighted by atomic mass is 10.2. The number of nitrogens with zero attached hydrogens (tertiary/aromatic N) is 2. The van der Waals surface area contributed by atoms with E-state index in [9.17, 15) is 4.79 Å². The van der Waals surface area contributed by atoms with Gasteiger partial charge in [0.05, 0.1) is 23.1 Å². The number of hydrogen-bond acceptors (Lipinski definition) is 4. The molecule has 0 saturated heterocycles. The van der Waals surface area contributed by atoms with Crippen LogP contribution in [0, 0.1) is 6.92 Å². The maximum atomic E-state index is 12.2. The SMILES string of the molecule is Cc1c(C(=O)NCCSCCCO)cnn1-c1ccccc1. The van der Waals surface area contributed by atoms with Crippen LogP contribution in [0.4, 0.5) is 0 Å². The Morgan fingerprint density at radius 1 is 1.32 bits per heavy atom. The van der Waals surface area contributed by atoms with E-state index < -0.39 is 0 Å². The molecule has 2 N–H and O–H groups in total. The lowest BCUT2D eigenvalue weighted by Crippen LogP contribution is -2.26. The highest BCUT2D eigenvalue weighted by Gasteiger charge is 2.14. The van der Waals surface area contributed by atoms with E-state index in [0.29, 0.717) is 12.1 Å². The zero-order valence-corrected chi connectivity index (χ0v) is 13.5. The third-order valence-corrected chi connectivity index (χ3v) is 4.30. The first-order chi connectivity index (χ1) is 10.7. The highest BCUT2D eigenvalue weighted by atomic mass is 32.2. The standard InChI is InChI=1S/C16H21N3O2S/c1-13-15(16(21)17-8-11-22-10-5-9-20)12-18-19(13)14-6-3-2-4-7-14/h2-4,6-7,12,20H,5,8-11H2,1H3,(H,17,21). The fourth-order valence-corrected chi connectivity index (χ4v) is 2.85. The van der Waals surface area contributed by atoms with E-state index >= 15 is 0 Å². The molecule has 1 aromatic heterocycles. The average molecular weight is 319 g/mol. The van der Waals surface area contributed by atoms with Crippen molar-refractivity contribution < 1.29 is 9.90 Å². The average Bonchev–Trinajstić information content (AvgIpc) is 2.93. The van der Waals surface area contributed by atoms with Crippen molar-refractivity contribution >= 4 is 17.7 Å². The monoisotopic (exact) mass is 319 g/mol. The highest BCUT2D eigenvalue weighted by Crippen LogP contribution is 2.13. The van der Waals surface area contributed by atoms with Gasteiger partial charge in [0.2, 0.25) is 0 Å². The quantitative estimate of drug-likeness (QED) is 0.731. The minimum atomic E-state index is -0.0950. The molecular formula is C16H21N3O2S. The second kappa shape index (κ2) is 8.60. The Kier molecular flexibility index (Phi) is 6.48. The first-order valence-corrected chi connectivity index (χ1v) is 8.46. The summed E-state index contributed by atoms with van der Waals surface area (Å²) < 4.78 is 1.77. The van der Waals surface area contributed by atoms with Gasteiger partial charge in [-0.2, -0.15) is 16.9 Å². The summed E-state index contributed by atoms with van der Waals surface area (Å²) in [4.78, 5) is 12.2. The summed E-state index contributed by atoms with van der Waals surface area (Å²) in [6.07, 6.45) is 2.40. The topological polar surface area (TPSA) is 67.2 Å². The number of benzene rings is 1. The molecule has 0 atom stereocenters. The second-order valence-corrected chi connectivity index (χ2v) is 6.06. The number of hydrogen-bond donors (Lipinski definition) is 2. The molecule has 0 radical (unpaired) electrons. The second-order valence-electron chi connectivity index (χ2n) is 4.84. The lowest BCUT2D eigenvalue weighted by Gasteiger charge is -2.06. The van der Waals surface area contributed by atoms with Gasteiger partial charge in [-0.3, -0.25) is 4.79 Å². The third-order valence-electron chi connectivity index (χ3n) is 3.23. The number of thioether (sulfide) groups is 1. The predicted octanol–water partition coefficient (Wildman–Crippen LogP) is 2.03. The van der Waals surface area contributed by atoms with Crippen LogP contribution in [0.5, 0.6) is 0 Å². The van der Waals surface area contributed by atoms with E-state index in [1.807, 2.05) is 37.3 Å². The van der Waals surface area contributed by atoms with Gasteiger partial charge in [-0.25, -0.2) is 4.68 Å². The summed E-state index contributed by atoms with van der Waals surface area (Å²) in [7, 11) is 0. The lowest BCUT2D eigenvalue weighted by molar-refractivity contribution is 0.0955. The maximum Gasteiger partial charge on any atom is 0.254 e. The number of aliphatic hydroxyl groups excluding tert-OH is 1. The summed E-state index contributed by atoms with van der Waals surface area (Å²) in [5, 5.41) is 15.9. The van der Waals surface area contributed by atoms with Crippen molar-refractivity contribution in [1.82, 2.24) is 15.1 Å².